The van der Waals surface area contributed by atoms with E-state index in [0.29, 0.717) is 17.7 Å². The van der Waals surface area contributed by atoms with Crippen LogP contribution in [-0.2, 0) is 4.74 Å². The first-order valence-corrected chi connectivity index (χ1v) is 4.70. The summed E-state index contributed by atoms with van der Waals surface area (Å²) in [6, 6.07) is 6.83. The standard InChI is InChI=1S/C11H11NO3/c1-2-15-11(13)9-4-3-8-5-6-12(14)10(8)7-9/h3-7,14H,2H2,1H3. The van der Waals surface area contributed by atoms with Crippen molar-refractivity contribution in [2.75, 3.05) is 6.61 Å². The van der Waals surface area contributed by atoms with Crippen LogP contribution in [0.4, 0.5) is 0 Å². The average Bonchev–Trinajstić information content (AvgIpc) is 2.60. The lowest BCUT2D eigenvalue weighted by molar-refractivity contribution is 0.0526. The fraction of sp³-hybridized carbons (Fsp3) is 0.182. The van der Waals surface area contributed by atoms with Gasteiger partial charge < -0.3 is 9.94 Å². The number of carbonyl (C=O) groups excluding carboxylic acids is 1. The van der Waals surface area contributed by atoms with Gasteiger partial charge in [-0.2, -0.15) is 4.73 Å². The zero-order valence-electron chi connectivity index (χ0n) is 8.30. The summed E-state index contributed by atoms with van der Waals surface area (Å²) in [6.45, 7) is 2.10. The Bertz CT molecular complexity index is 502. The first kappa shape index (κ1) is 9.58. The van der Waals surface area contributed by atoms with Gasteiger partial charge in [-0.05, 0) is 25.1 Å². The van der Waals surface area contributed by atoms with Gasteiger partial charge in [0.15, 0.2) is 0 Å². The Morgan fingerprint density at radius 3 is 3.00 bits per heavy atom. The summed E-state index contributed by atoms with van der Waals surface area (Å²) in [7, 11) is 0. The van der Waals surface area contributed by atoms with E-state index in [9.17, 15) is 10.0 Å². The molecule has 0 amide bonds. The van der Waals surface area contributed by atoms with Gasteiger partial charge in [-0.1, -0.05) is 6.07 Å². The highest BCUT2D eigenvalue weighted by molar-refractivity contribution is 5.94. The first-order valence-electron chi connectivity index (χ1n) is 4.70. The molecule has 4 heteroatoms. The fourth-order valence-electron chi connectivity index (χ4n) is 1.46. The van der Waals surface area contributed by atoms with Crippen LogP contribution in [0.15, 0.2) is 30.5 Å². The number of rotatable bonds is 2. The van der Waals surface area contributed by atoms with E-state index in [1.165, 1.54) is 6.20 Å². The number of carbonyl (C=O) groups is 1. The number of hydrogen-bond donors (Lipinski definition) is 1. The molecule has 0 aliphatic rings. The molecule has 1 N–H and O–H groups in total. The molecule has 1 aromatic heterocycles. The van der Waals surface area contributed by atoms with Crippen LogP contribution >= 0.6 is 0 Å². The Labute approximate surface area is 86.7 Å². The molecular formula is C11H11NO3. The van der Waals surface area contributed by atoms with E-state index in [1.54, 1.807) is 31.2 Å². The minimum absolute atomic E-state index is 0.344. The topological polar surface area (TPSA) is 51.5 Å². The van der Waals surface area contributed by atoms with Gasteiger partial charge in [0.05, 0.1) is 17.7 Å². The van der Waals surface area contributed by atoms with Gasteiger partial charge in [-0.15, -0.1) is 0 Å². The van der Waals surface area contributed by atoms with Crippen molar-refractivity contribution in [1.82, 2.24) is 4.73 Å². The highest BCUT2D eigenvalue weighted by Gasteiger charge is 2.08. The van der Waals surface area contributed by atoms with Crippen LogP contribution in [0, 0.1) is 0 Å². The Morgan fingerprint density at radius 1 is 1.47 bits per heavy atom. The molecule has 0 aliphatic heterocycles. The second kappa shape index (κ2) is 3.65. The van der Waals surface area contributed by atoms with Crippen LogP contribution in [0.25, 0.3) is 10.9 Å². The lowest BCUT2D eigenvalue weighted by Gasteiger charge is -2.02. The second-order valence-corrected chi connectivity index (χ2v) is 3.15. The average molecular weight is 205 g/mol. The van der Waals surface area contributed by atoms with Gasteiger partial charge >= 0.3 is 5.97 Å². The molecular weight excluding hydrogens is 194 g/mol. The maximum atomic E-state index is 11.4. The number of nitrogens with zero attached hydrogens (tertiary/aromatic N) is 1. The van der Waals surface area contributed by atoms with Crippen molar-refractivity contribution < 1.29 is 14.7 Å². The van der Waals surface area contributed by atoms with Crippen LogP contribution in [0.2, 0.25) is 0 Å². The molecule has 0 saturated heterocycles. The Balaban J connectivity index is 2.45. The first-order chi connectivity index (χ1) is 7.22. The van der Waals surface area contributed by atoms with E-state index in [0.717, 1.165) is 10.1 Å². The molecule has 0 radical (unpaired) electrons. The Hall–Kier alpha value is -1.97. The van der Waals surface area contributed by atoms with Gasteiger partial charge in [0, 0.05) is 11.6 Å². The molecule has 0 spiro atoms. The van der Waals surface area contributed by atoms with E-state index >= 15 is 0 Å². The van der Waals surface area contributed by atoms with Crippen molar-refractivity contribution in [3.63, 3.8) is 0 Å². The monoisotopic (exact) mass is 205 g/mol. The lowest BCUT2D eigenvalue weighted by Crippen LogP contribution is -2.04. The summed E-state index contributed by atoms with van der Waals surface area (Å²) >= 11 is 0. The van der Waals surface area contributed by atoms with Crippen molar-refractivity contribution in [3.8, 4) is 0 Å². The second-order valence-electron chi connectivity index (χ2n) is 3.15. The maximum absolute atomic E-state index is 11.4. The summed E-state index contributed by atoms with van der Waals surface area (Å²) < 4.78 is 5.85. The summed E-state index contributed by atoms with van der Waals surface area (Å²) in [4.78, 5) is 11.4. The van der Waals surface area contributed by atoms with Crippen LogP contribution < -0.4 is 0 Å². The van der Waals surface area contributed by atoms with Crippen LogP contribution in [0.5, 0.6) is 0 Å². The number of benzene rings is 1. The predicted octanol–water partition coefficient (Wildman–Crippen LogP) is 2.06. The minimum Gasteiger partial charge on any atom is -0.462 e. The quantitative estimate of drug-likeness (QED) is 0.603. The molecule has 0 aliphatic carbocycles. The van der Waals surface area contributed by atoms with Gasteiger partial charge in [0.1, 0.15) is 0 Å². The highest BCUT2D eigenvalue weighted by atomic mass is 16.5. The van der Waals surface area contributed by atoms with E-state index in [1.807, 2.05) is 0 Å². The predicted molar refractivity (Wildman–Crippen MR) is 55.1 cm³/mol. The summed E-state index contributed by atoms with van der Waals surface area (Å²) in [6.07, 6.45) is 1.53. The zero-order valence-corrected chi connectivity index (χ0v) is 8.30. The lowest BCUT2D eigenvalue weighted by atomic mass is 10.2. The van der Waals surface area contributed by atoms with Crippen molar-refractivity contribution in [2.45, 2.75) is 6.92 Å². The Morgan fingerprint density at radius 2 is 2.27 bits per heavy atom. The third kappa shape index (κ3) is 1.66. The third-order valence-corrected chi connectivity index (χ3v) is 2.18. The number of esters is 1. The maximum Gasteiger partial charge on any atom is 0.338 e. The summed E-state index contributed by atoms with van der Waals surface area (Å²) in [5, 5.41) is 10.3. The van der Waals surface area contributed by atoms with Crippen molar-refractivity contribution in [1.29, 1.82) is 0 Å². The van der Waals surface area contributed by atoms with Gasteiger partial charge in [0.25, 0.3) is 0 Å². The van der Waals surface area contributed by atoms with Gasteiger partial charge in [-0.3, -0.25) is 0 Å². The van der Waals surface area contributed by atoms with E-state index in [2.05, 4.69) is 0 Å². The molecule has 1 heterocycles. The van der Waals surface area contributed by atoms with Crippen molar-refractivity contribution in [2.24, 2.45) is 0 Å². The molecule has 2 aromatic rings. The number of fused-ring (bicyclic) bond motifs is 1. The van der Waals surface area contributed by atoms with Crippen LogP contribution in [0.3, 0.4) is 0 Å². The van der Waals surface area contributed by atoms with Crippen molar-refractivity contribution >= 4 is 16.9 Å². The van der Waals surface area contributed by atoms with Gasteiger partial charge in [0.2, 0.25) is 0 Å². The molecule has 0 saturated carbocycles. The van der Waals surface area contributed by atoms with E-state index in [-0.39, 0.29) is 5.97 Å². The molecule has 78 valence electrons. The highest BCUT2D eigenvalue weighted by Crippen LogP contribution is 2.16. The van der Waals surface area contributed by atoms with E-state index < -0.39 is 0 Å². The molecule has 0 bridgehead atoms. The van der Waals surface area contributed by atoms with Crippen LogP contribution in [0.1, 0.15) is 17.3 Å². The minimum atomic E-state index is -0.374. The smallest absolute Gasteiger partial charge is 0.338 e. The van der Waals surface area contributed by atoms with Crippen LogP contribution in [-0.4, -0.2) is 22.5 Å². The molecule has 0 unspecified atom stereocenters. The number of hydrogen-bond acceptors (Lipinski definition) is 3. The summed E-state index contributed by atoms with van der Waals surface area (Å²) in [5.74, 6) is -0.374. The molecule has 15 heavy (non-hydrogen) atoms. The Kier molecular flexibility index (Phi) is 2.33. The normalized spacial score (nSPS) is 10.5. The number of ether oxygens (including phenoxy) is 1. The molecule has 0 atom stereocenters. The number of aromatic nitrogens is 1. The zero-order chi connectivity index (χ0) is 10.8. The van der Waals surface area contributed by atoms with Crippen molar-refractivity contribution in [3.05, 3.63) is 36.0 Å². The fourth-order valence-corrected chi connectivity index (χ4v) is 1.46. The SMILES string of the molecule is CCOC(=O)c1ccc2ccn(O)c2c1. The molecule has 0 fully saturated rings. The van der Waals surface area contributed by atoms with E-state index in [4.69, 9.17) is 4.74 Å². The molecule has 1 aromatic carbocycles. The van der Waals surface area contributed by atoms with Gasteiger partial charge in [-0.25, -0.2) is 4.79 Å². The third-order valence-electron chi connectivity index (χ3n) is 2.18. The molecule has 4 nitrogen and oxygen atoms in total. The summed E-state index contributed by atoms with van der Waals surface area (Å²) in [5.41, 5.74) is 1.04. The largest absolute Gasteiger partial charge is 0.462 e. The molecule has 2 rings (SSSR count).